The van der Waals surface area contributed by atoms with Crippen LogP contribution >= 0.6 is 0 Å². The largest absolute Gasteiger partial charge is 0.396 e. The van der Waals surface area contributed by atoms with Crippen LogP contribution in [0.3, 0.4) is 0 Å². The monoisotopic (exact) mass is 317 g/mol. The quantitative estimate of drug-likeness (QED) is 0.759. The van der Waals surface area contributed by atoms with Crippen LogP contribution in [0.5, 0.6) is 0 Å². The Morgan fingerprint density at radius 2 is 1.96 bits per heavy atom. The van der Waals surface area contributed by atoms with Crippen molar-refractivity contribution in [2.24, 2.45) is 10.8 Å². The lowest BCUT2D eigenvalue weighted by atomic mass is 9.83. The maximum Gasteiger partial charge on any atom is 0.226 e. The number of carbonyl (C=O) groups is 1. The van der Waals surface area contributed by atoms with Gasteiger partial charge in [0.15, 0.2) is 0 Å². The molecule has 1 aromatic rings. The van der Waals surface area contributed by atoms with Crippen molar-refractivity contribution in [1.82, 2.24) is 5.32 Å². The van der Waals surface area contributed by atoms with Crippen molar-refractivity contribution in [1.29, 1.82) is 0 Å². The third-order valence-electron chi connectivity index (χ3n) is 5.72. The highest BCUT2D eigenvalue weighted by Crippen LogP contribution is 2.70. The average Bonchev–Trinajstić information content (AvgIpc) is 3.20. The molecule has 1 amide bonds. The van der Waals surface area contributed by atoms with Gasteiger partial charge in [-0.15, -0.1) is 0 Å². The molecule has 0 bridgehead atoms. The Hall–Kier alpha value is -1.39. The summed E-state index contributed by atoms with van der Waals surface area (Å²) in [4.78, 5) is 12.7. The molecule has 1 aromatic carbocycles. The van der Waals surface area contributed by atoms with Gasteiger partial charge in [0.1, 0.15) is 0 Å². The molecule has 0 radical (unpaired) electrons. The number of benzene rings is 1. The Morgan fingerprint density at radius 3 is 2.65 bits per heavy atom. The molecule has 1 saturated heterocycles. The number of ether oxygens (including phenoxy) is 1. The highest BCUT2D eigenvalue weighted by molar-refractivity contribution is 5.87. The van der Waals surface area contributed by atoms with Crippen LogP contribution in [0.1, 0.15) is 37.7 Å². The van der Waals surface area contributed by atoms with Gasteiger partial charge in [-0.3, -0.25) is 4.79 Å². The van der Waals surface area contributed by atoms with Gasteiger partial charge in [-0.25, -0.2) is 0 Å². The van der Waals surface area contributed by atoms with E-state index in [9.17, 15) is 9.90 Å². The molecular formula is C19H27NO3. The van der Waals surface area contributed by atoms with Crippen molar-refractivity contribution in [3.8, 4) is 0 Å². The van der Waals surface area contributed by atoms with Crippen LogP contribution < -0.4 is 5.32 Å². The van der Waals surface area contributed by atoms with Gasteiger partial charge in [0.25, 0.3) is 0 Å². The lowest BCUT2D eigenvalue weighted by Gasteiger charge is -2.28. The highest BCUT2D eigenvalue weighted by atomic mass is 16.5. The molecule has 3 rings (SSSR count). The summed E-state index contributed by atoms with van der Waals surface area (Å²) in [5.74, 6) is 0.140. The Labute approximate surface area is 138 Å². The summed E-state index contributed by atoms with van der Waals surface area (Å²) in [5.41, 5.74) is 1.04. The Morgan fingerprint density at radius 1 is 1.22 bits per heavy atom. The van der Waals surface area contributed by atoms with Gasteiger partial charge in [-0.05, 0) is 49.5 Å². The average molecular weight is 317 g/mol. The van der Waals surface area contributed by atoms with Gasteiger partial charge in [0, 0.05) is 26.4 Å². The van der Waals surface area contributed by atoms with Crippen molar-refractivity contribution in [3.05, 3.63) is 35.9 Å². The van der Waals surface area contributed by atoms with Gasteiger partial charge in [-0.2, -0.15) is 0 Å². The molecule has 1 saturated carbocycles. The molecule has 1 atom stereocenters. The fourth-order valence-electron chi connectivity index (χ4n) is 4.24. The van der Waals surface area contributed by atoms with Crippen LogP contribution in [0.15, 0.2) is 30.3 Å². The van der Waals surface area contributed by atoms with E-state index in [2.05, 4.69) is 17.4 Å². The first-order chi connectivity index (χ1) is 11.2. The topological polar surface area (TPSA) is 58.6 Å². The van der Waals surface area contributed by atoms with Gasteiger partial charge in [0.05, 0.1) is 5.41 Å². The lowest BCUT2D eigenvalue weighted by molar-refractivity contribution is -0.129. The van der Waals surface area contributed by atoms with Crippen molar-refractivity contribution >= 4 is 5.91 Å². The van der Waals surface area contributed by atoms with E-state index in [1.807, 2.05) is 18.2 Å². The van der Waals surface area contributed by atoms with Crippen LogP contribution in [0.25, 0.3) is 0 Å². The number of hydrogen-bond acceptors (Lipinski definition) is 3. The molecule has 1 aliphatic carbocycles. The summed E-state index contributed by atoms with van der Waals surface area (Å²) in [5, 5.41) is 12.5. The molecule has 0 unspecified atom stereocenters. The van der Waals surface area contributed by atoms with E-state index in [-0.39, 0.29) is 23.3 Å². The summed E-state index contributed by atoms with van der Waals surface area (Å²) in [6.07, 6.45) is 5.31. The first-order valence-corrected chi connectivity index (χ1v) is 8.73. The Bertz CT molecular complexity index is 525. The summed E-state index contributed by atoms with van der Waals surface area (Å²) in [6, 6.07) is 10.3. The second kappa shape index (κ2) is 7.02. The zero-order valence-corrected chi connectivity index (χ0v) is 13.7. The Kier molecular flexibility index (Phi) is 5.02. The van der Waals surface area contributed by atoms with Crippen molar-refractivity contribution < 1.29 is 14.6 Å². The van der Waals surface area contributed by atoms with Crippen LogP contribution in [-0.4, -0.2) is 37.4 Å². The maximum atomic E-state index is 12.7. The maximum absolute atomic E-state index is 12.7. The molecule has 1 spiro atoms. The van der Waals surface area contributed by atoms with Crippen LogP contribution in [0.2, 0.25) is 0 Å². The molecule has 2 aliphatic rings. The van der Waals surface area contributed by atoms with Gasteiger partial charge >= 0.3 is 0 Å². The van der Waals surface area contributed by atoms with E-state index in [0.29, 0.717) is 13.0 Å². The van der Waals surface area contributed by atoms with E-state index < -0.39 is 0 Å². The number of amides is 1. The van der Waals surface area contributed by atoms with Crippen LogP contribution in [0, 0.1) is 10.8 Å². The van der Waals surface area contributed by atoms with Crippen LogP contribution in [0.4, 0.5) is 0 Å². The smallest absolute Gasteiger partial charge is 0.226 e. The van der Waals surface area contributed by atoms with Crippen molar-refractivity contribution in [3.63, 3.8) is 0 Å². The summed E-state index contributed by atoms with van der Waals surface area (Å²) >= 11 is 0. The standard InChI is InChI=1S/C19H27NO3/c21-12-8-19(15-18(19)9-13-23-14-10-18)17(22)20-11-4-7-16-5-2-1-3-6-16/h1-3,5-6,21H,4,7-15H2,(H,20,22)/t19-/m1/s1. The van der Waals surface area contributed by atoms with E-state index >= 15 is 0 Å². The number of hydrogen-bond donors (Lipinski definition) is 2. The number of rotatable bonds is 7. The van der Waals surface area contributed by atoms with E-state index in [0.717, 1.165) is 45.3 Å². The first-order valence-electron chi connectivity index (χ1n) is 8.73. The number of carbonyl (C=O) groups excluding carboxylic acids is 1. The zero-order valence-electron chi connectivity index (χ0n) is 13.7. The Balaban J connectivity index is 1.50. The fraction of sp³-hybridized carbons (Fsp3) is 0.632. The molecule has 1 aliphatic heterocycles. The minimum Gasteiger partial charge on any atom is -0.396 e. The second-order valence-electron chi connectivity index (χ2n) is 6.97. The molecule has 0 aromatic heterocycles. The summed E-state index contributed by atoms with van der Waals surface area (Å²) < 4.78 is 5.45. The highest BCUT2D eigenvalue weighted by Gasteiger charge is 2.70. The lowest BCUT2D eigenvalue weighted by Crippen LogP contribution is -2.38. The van der Waals surface area contributed by atoms with Crippen molar-refractivity contribution in [2.75, 3.05) is 26.4 Å². The van der Waals surface area contributed by atoms with Gasteiger partial charge in [-0.1, -0.05) is 30.3 Å². The van der Waals surface area contributed by atoms with E-state index in [1.165, 1.54) is 5.56 Å². The fourth-order valence-corrected chi connectivity index (χ4v) is 4.24. The normalized spacial score (nSPS) is 25.3. The predicted octanol–water partition coefficient (Wildman–Crippen LogP) is 2.30. The van der Waals surface area contributed by atoms with E-state index in [1.54, 1.807) is 0 Å². The van der Waals surface area contributed by atoms with Gasteiger partial charge in [0.2, 0.25) is 5.91 Å². The zero-order chi connectivity index (χ0) is 16.2. The SMILES string of the molecule is O=C(NCCCc1ccccc1)[C@@]1(CCO)CC12CCOCC2. The third-order valence-corrected chi connectivity index (χ3v) is 5.72. The minimum absolute atomic E-state index is 0.0808. The third kappa shape index (κ3) is 3.29. The molecule has 2 N–H and O–H groups in total. The van der Waals surface area contributed by atoms with E-state index in [4.69, 9.17) is 4.74 Å². The summed E-state index contributed by atoms with van der Waals surface area (Å²) in [6.45, 7) is 2.27. The molecule has 126 valence electrons. The number of aryl methyl sites for hydroxylation is 1. The molecule has 2 fully saturated rings. The minimum atomic E-state index is -0.349. The number of aliphatic hydroxyl groups is 1. The molecular weight excluding hydrogens is 290 g/mol. The molecule has 23 heavy (non-hydrogen) atoms. The van der Waals surface area contributed by atoms with Gasteiger partial charge < -0.3 is 15.2 Å². The second-order valence-corrected chi connectivity index (χ2v) is 6.97. The van der Waals surface area contributed by atoms with Crippen LogP contribution in [-0.2, 0) is 16.0 Å². The van der Waals surface area contributed by atoms with Crippen molar-refractivity contribution in [2.45, 2.75) is 38.5 Å². The predicted molar refractivity (Wildman–Crippen MR) is 89.0 cm³/mol. The molecule has 1 heterocycles. The molecule has 4 nitrogen and oxygen atoms in total. The molecule has 4 heteroatoms. The number of aliphatic hydroxyl groups excluding tert-OH is 1. The number of nitrogens with one attached hydrogen (secondary N) is 1. The first kappa shape index (κ1) is 16.5. The summed E-state index contributed by atoms with van der Waals surface area (Å²) in [7, 11) is 0.